The molecule has 0 heterocycles. The Morgan fingerprint density at radius 2 is 1.96 bits per heavy atom. The van der Waals surface area contributed by atoms with E-state index in [9.17, 15) is 13.2 Å². The molecule has 6 nitrogen and oxygen atoms in total. The van der Waals surface area contributed by atoms with Crippen molar-refractivity contribution >= 4 is 16.0 Å². The number of hydrogen-bond acceptors (Lipinski definition) is 4. The van der Waals surface area contributed by atoms with Crippen molar-refractivity contribution in [1.29, 1.82) is 0 Å². The monoisotopic (exact) mass is 352 g/mol. The number of benzene rings is 1. The molecule has 0 bridgehead atoms. The maximum atomic E-state index is 12.5. The van der Waals surface area contributed by atoms with Crippen molar-refractivity contribution in [3.63, 3.8) is 0 Å². The molecule has 24 heavy (non-hydrogen) atoms. The van der Waals surface area contributed by atoms with Crippen LogP contribution in [0.15, 0.2) is 29.2 Å². The number of carboxylic acid groups (broad SMARTS) is 1. The zero-order valence-electron chi connectivity index (χ0n) is 13.8. The maximum Gasteiger partial charge on any atom is 0.317 e. The van der Waals surface area contributed by atoms with Gasteiger partial charge in [-0.1, -0.05) is 18.2 Å². The minimum Gasteiger partial charge on any atom is -0.480 e. The van der Waals surface area contributed by atoms with Gasteiger partial charge in [-0.05, 0) is 50.2 Å². The molecule has 0 amide bonds. The van der Waals surface area contributed by atoms with Crippen molar-refractivity contribution in [2.45, 2.75) is 49.6 Å². The minimum atomic E-state index is -3.52. The summed E-state index contributed by atoms with van der Waals surface area (Å²) in [6.45, 7) is 2.63. The van der Waals surface area contributed by atoms with Crippen LogP contribution in [0.5, 0.6) is 0 Å². The number of nitrogens with one attached hydrogen (secondary N) is 1. The quantitative estimate of drug-likeness (QED) is 0.742. The van der Waals surface area contributed by atoms with E-state index >= 15 is 0 Å². The number of aryl methyl sites for hydroxylation is 1. The van der Waals surface area contributed by atoms with E-state index in [-0.39, 0.29) is 18.6 Å². The van der Waals surface area contributed by atoms with Gasteiger partial charge in [0.2, 0.25) is 10.0 Å². The number of rotatable bonds is 8. The zero-order valence-corrected chi connectivity index (χ0v) is 14.6. The van der Waals surface area contributed by atoms with Crippen LogP contribution in [-0.4, -0.2) is 49.6 Å². The molecule has 0 saturated heterocycles. The van der Waals surface area contributed by atoms with E-state index in [2.05, 4.69) is 4.72 Å². The first-order valence-corrected chi connectivity index (χ1v) is 9.87. The zero-order chi connectivity index (χ0) is 17.3. The van der Waals surface area contributed by atoms with Gasteiger partial charge in [-0.2, -0.15) is 0 Å². The Hall–Kier alpha value is -1.44. The number of sulfonamides is 1. The van der Waals surface area contributed by atoms with E-state index in [1.54, 1.807) is 25.1 Å². The molecule has 0 aliphatic heterocycles. The summed E-state index contributed by atoms with van der Waals surface area (Å²) in [5, 5.41) is 9.06. The van der Waals surface area contributed by atoms with Gasteiger partial charge in [0.25, 0.3) is 0 Å². The van der Waals surface area contributed by atoms with E-state index < -0.39 is 16.0 Å². The predicted molar refractivity (Wildman–Crippen MR) is 90.2 cm³/mol. The first kappa shape index (κ1) is 17.4. The van der Waals surface area contributed by atoms with Gasteiger partial charge in [0.05, 0.1) is 11.4 Å². The first-order chi connectivity index (χ1) is 11.3. The molecule has 0 atom stereocenters. The summed E-state index contributed by atoms with van der Waals surface area (Å²) in [5.74, 6) is -0.202. The molecule has 0 radical (unpaired) electrons. The molecule has 0 spiro atoms. The predicted octanol–water partition coefficient (Wildman–Crippen LogP) is 1.60. The fourth-order valence-corrected chi connectivity index (χ4v) is 4.78. The van der Waals surface area contributed by atoms with Crippen LogP contribution in [0.2, 0.25) is 0 Å². The average Bonchev–Trinajstić information content (AvgIpc) is 3.25. The molecule has 3 rings (SSSR count). The van der Waals surface area contributed by atoms with Crippen LogP contribution >= 0.6 is 0 Å². The Morgan fingerprint density at radius 3 is 2.54 bits per heavy atom. The molecular weight excluding hydrogens is 328 g/mol. The molecule has 2 aliphatic carbocycles. The number of carboxylic acids is 1. The normalized spacial score (nSPS) is 23.9. The highest BCUT2D eigenvalue weighted by molar-refractivity contribution is 7.89. The molecule has 2 fully saturated rings. The molecule has 0 aromatic heterocycles. The van der Waals surface area contributed by atoms with E-state index in [0.717, 1.165) is 12.1 Å². The highest BCUT2D eigenvalue weighted by Gasteiger charge is 2.39. The van der Waals surface area contributed by atoms with Crippen LogP contribution in [0, 0.1) is 12.8 Å². The van der Waals surface area contributed by atoms with Crippen LogP contribution < -0.4 is 4.72 Å². The van der Waals surface area contributed by atoms with Crippen molar-refractivity contribution < 1.29 is 18.3 Å². The lowest BCUT2D eigenvalue weighted by Crippen LogP contribution is -2.55. The molecule has 7 heteroatoms. The van der Waals surface area contributed by atoms with Crippen molar-refractivity contribution in [2.75, 3.05) is 13.1 Å². The van der Waals surface area contributed by atoms with Crippen LogP contribution in [-0.2, 0) is 14.8 Å². The SMILES string of the molecule is Cc1ccccc1S(=O)(=O)NC1CC(N(CC(=O)O)CC2CC2)C1. The second-order valence-corrected chi connectivity index (χ2v) is 8.66. The van der Waals surface area contributed by atoms with Crippen molar-refractivity contribution in [3.05, 3.63) is 29.8 Å². The second-order valence-electron chi connectivity index (χ2n) is 6.98. The van der Waals surface area contributed by atoms with Gasteiger partial charge in [-0.15, -0.1) is 0 Å². The Labute approximate surface area is 142 Å². The Kier molecular flexibility index (Phi) is 4.94. The van der Waals surface area contributed by atoms with E-state index in [1.807, 2.05) is 11.0 Å². The minimum absolute atomic E-state index is 0.0401. The molecule has 2 aliphatic rings. The third-order valence-corrected chi connectivity index (χ3v) is 6.54. The number of hydrogen-bond donors (Lipinski definition) is 2. The summed E-state index contributed by atoms with van der Waals surface area (Å²) >= 11 is 0. The fourth-order valence-electron chi connectivity index (χ4n) is 3.27. The fraction of sp³-hybridized carbons (Fsp3) is 0.588. The summed E-state index contributed by atoms with van der Waals surface area (Å²) < 4.78 is 27.7. The third-order valence-electron chi connectivity index (χ3n) is 4.86. The van der Waals surface area contributed by atoms with Gasteiger partial charge in [0.15, 0.2) is 0 Å². The van der Waals surface area contributed by atoms with Crippen molar-refractivity contribution in [3.8, 4) is 0 Å². The van der Waals surface area contributed by atoms with E-state index in [1.165, 1.54) is 12.8 Å². The lowest BCUT2D eigenvalue weighted by atomic mass is 9.86. The Morgan fingerprint density at radius 1 is 1.29 bits per heavy atom. The topological polar surface area (TPSA) is 86.7 Å². The summed E-state index contributed by atoms with van der Waals surface area (Å²) in [5.41, 5.74) is 0.724. The van der Waals surface area contributed by atoms with E-state index in [0.29, 0.717) is 23.7 Å². The molecule has 1 aromatic rings. The lowest BCUT2D eigenvalue weighted by molar-refractivity contribution is -0.139. The van der Waals surface area contributed by atoms with E-state index in [4.69, 9.17) is 5.11 Å². The van der Waals surface area contributed by atoms with Crippen LogP contribution in [0.1, 0.15) is 31.2 Å². The Balaban J connectivity index is 1.57. The second kappa shape index (κ2) is 6.82. The van der Waals surface area contributed by atoms with Gasteiger partial charge in [0.1, 0.15) is 0 Å². The Bertz CT molecular complexity index is 709. The first-order valence-electron chi connectivity index (χ1n) is 8.39. The van der Waals surface area contributed by atoms with Gasteiger partial charge < -0.3 is 5.11 Å². The molecule has 2 N–H and O–H groups in total. The van der Waals surface area contributed by atoms with Crippen LogP contribution in [0.4, 0.5) is 0 Å². The smallest absolute Gasteiger partial charge is 0.317 e. The number of aliphatic carboxylic acids is 1. The highest BCUT2D eigenvalue weighted by atomic mass is 32.2. The van der Waals surface area contributed by atoms with Gasteiger partial charge in [-0.3, -0.25) is 9.69 Å². The van der Waals surface area contributed by atoms with Crippen molar-refractivity contribution in [2.24, 2.45) is 5.92 Å². The highest BCUT2D eigenvalue weighted by Crippen LogP contribution is 2.34. The molecule has 0 unspecified atom stereocenters. The van der Waals surface area contributed by atoms with Crippen LogP contribution in [0.3, 0.4) is 0 Å². The molecule has 132 valence electrons. The molecule has 1 aromatic carbocycles. The van der Waals surface area contributed by atoms with Crippen LogP contribution in [0.25, 0.3) is 0 Å². The third kappa shape index (κ3) is 4.15. The summed E-state index contributed by atoms with van der Waals surface area (Å²) in [6.07, 6.45) is 3.69. The summed E-state index contributed by atoms with van der Waals surface area (Å²) in [4.78, 5) is 13.3. The summed E-state index contributed by atoms with van der Waals surface area (Å²) in [7, 11) is -3.52. The average molecular weight is 352 g/mol. The van der Waals surface area contributed by atoms with Gasteiger partial charge in [-0.25, -0.2) is 13.1 Å². The number of nitrogens with zero attached hydrogens (tertiary/aromatic N) is 1. The van der Waals surface area contributed by atoms with Crippen molar-refractivity contribution in [1.82, 2.24) is 9.62 Å². The number of carbonyl (C=O) groups is 1. The summed E-state index contributed by atoms with van der Waals surface area (Å²) in [6, 6.07) is 6.96. The largest absolute Gasteiger partial charge is 0.480 e. The molecular formula is C17H24N2O4S. The van der Waals surface area contributed by atoms with Gasteiger partial charge >= 0.3 is 5.97 Å². The lowest BCUT2D eigenvalue weighted by Gasteiger charge is -2.42. The maximum absolute atomic E-state index is 12.5. The van der Waals surface area contributed by atoms with Gasteiger partial charge in [0, 0.05) is 18.6 Å². The molecule has 2 saturated carbocycles. The standard InChI is InChI=1S/C17H24N2O4S/c1-12-4-2-3-5-16(12)24(22,23)18-14-8-15(9-14)19(11-17(20)21)10-13-6-7-13/h2-5,13-15,18H,6-11H2,1H3,(H,20,21).